The van der Waals surface area contributed by atoms with Gasteiger partial charge in [0, 0.05) is 31.2 Å². The number of rotatable bonds is 5. The zero-order valence-corrected chi connectivity index (χ0v) is 20.3. The number of aryl methyl sites for hydroxylation is 1. The van der Waals surface area contributed by atoms with Gasteiger partial charge in [0.2, 0.25) is 0 Å². The summed E-state index contributed by atoms with van der Waals surface area (Å²) >= 11 is 0. The molecule has 2 unspecified atom stereocenters. The third kappa shape index (κ3) is 4.04. The van der Waals surface area contributed by atoms with E-state index in [1.54, 1.807) is 30.0 Å². The molecule has 200 valence electrons. The van der Waals surface area contributed by atoms with Crippen LogP contribution in [0.1, 0.15) is 50.9 Å². The molecule has 3 aromatic rings. The number of pyridine rings is 2. The van der Waals surface area contributed by atoms with E-state index in [0.29, 0.717) is 35.7 Å². The number of fused-ring (bicyclic) bond motifs is 2. The zero-order valence-electron chi connectivity index (χ0n) is 20.3. The molecule has 3 aromatic heterocycles. The highest BCUT2D eigenvalue weighted by molar-refractivity contribution is 5.95. The Bertz CT molecular complexity index is 1420. The second kappa shape index (κ2) is 8.37. The van der Waals surface area contributed by atoms with Crippen LogP contribution in [-0.2, 0) is 19.1 Å². The number of amides is 1. The molecule has 6 rings (SSSR count). The van der Waals surface area contributed by atoms with Crippen LogP contribution in [0.15, 0.2) is 30.6 Å². The summed E-state index contributed by atoms with van der Waals surface area (Å²) in [6.07, 6.45) is -1.19. The maximum absolute atomic E-state index is 13.8. The van der Waals surface area contributed by atoms with Gasteiger partial charge in [-0.3, -0.25) is 9.48 Å². The predicted molar refractivity (Wildman–Crippen MR) is 127 cm³/mol. The van der Waals surface area contributed by atoms with Gasteiger partial charge in [0.25, 0.3) is 11.8 Å². The van der Waals surface area contributed by atoms with Crippen molar-refractivity contribution in [3.63, 3.8) is 0 Å². The summed E-state index contributed by atoms with van der Waals surface area (Å²) in [4.78, 5) is 23.3. The molecule has 0 bridgehead atoms. The lowest BCUT2D eigenvalue weighted by molar-refractivity contribution is -0.141. The minimum atomic E-state index is -4.84. The summed E-state index contributed by atoms with van der Waals surface area (Å²) < 4.78 is 69.5. The molecule has 1 aliphatic heterocycles. The number of anilines is 2. The van der Waals surface area contributed by atoms with Crippen molar-refractivity contribution in [2.24, 2.45) is 11.8 Å². The smallest absolute Gasteiger partial charge is 0.383 e. The maximum atomic E-state index is 13.8. The van der Waals surface area contributed by atoms with E-state index < -0.39 is 47.1 Å². The first-order valence-corrected chi connectivity index (χ1v) is 12.2. The Balaban J connectivity index is 1.20. The number of nitrogens with one attached hydrogen (secondary N) is 1. The van der Waals surface area contributed by atoms with Crippen molar-refractivity contribution < 1.29 is 26.7 Å². The van der Waals surface area contributed by atoms with Crippen molar-refractivity contribution >= 4 is 17.5 Å². The lowest BCUT2D eigenvalue weighted by atomic mass is 10.1. The highest BCUT2D eigenvalue weighted by atomic mass is 19.4. The standard InChI is InChI=1S/C25H24F5N7O/c1-12-13(2-5-20(33-12)36-10-17-18(11-36)24(17,26)27)8-37-9-16(21(35-37)25(28,29)30)23(38)34-19-4-3-15-14(19)6-7-32-22(15)31/h2,5-7,9,17-19H,3-4,8,10-11H2,1H3,(H2,31,32)(H,34,38)/t17?,18?,19-/m1/s1. The van der Waals surface area contributed by atoms with Crippen molar-refractivity contribution in [3.8, 4) is 0 Å². The number of nitrogens with zero attached hydrogens (tertiary/aromatic N) is 5. The molecule has 1 saturated carbocycles. The van der Waals surface area contributed by atoms with Crippen LogP contribution in [0.3, 0.4) is 0 Å². The molecule has 3 atom stereocenters. The number of carbonyl (C=O) groups is 1. The van der Waals surface area contributed by atoms with Gasteiger partial charge in [0.1, 0.15) is 11.6 Å². The number of halogens is 5. The third-order valence-corrected chi connectivity index (χ3v) is 7.80. The van der Waals surface area contributed by atoms with E-state index in [-0.39, 0.29) is 19.6 Å². The zero-order chi connectivity index (χ0) is 27.0. The van der Waals surface area contributed by atoms with Crippen LogP contribution >= 0.6 is 0 Å². The molecule has 0 spiro atoms. The molecule has 0 radical (unpaired) electrons. The van der Waals surface area contributed by atoms with Crippen molar-refractivity contribution in [1.29, 1.82) is 0 Å². The van der Waals surface area contributed by atoms with Crippen molar-refractivity contribution in [2.45, 2.75) is 44.5 Å². The number of nitrogens with two attached hydrogens (primary N) is 1. The molecule has 3 N–H and O–H groups in total. The molecular formula is C25H24F5N7O. The molecule has 0 aromatic carbocycles. The maximum Gasteiger partial charge on any atom is 0.435 e. The van der Waals surface area contributed by atoms with Gasteiger partial charge in [-0.05, 0) is 48.6 Å². The molecule has 8 nitrogen and oxygen atoms in total. The molecule has 1 amide bonds. The number of alkyl halides is 5. The van der Waals surface area contributed by atoms with Crippen LogP contribution in [0.2, 0.25) is 0 Å². The second-order valence-electron chi connectivity index (χ2n) is 10.1. The molecule has 38 heavy (non-hydrogen) atoms. The molecule has 2 fully saturated rings. The van der Waals surface area contributed by atoms with Crippen LogP contribution < -0.4 is 16.0 Å². The monoisotopic (exact) mass is 533 g/mol. The van der Waals surface area contributed by atoms with Gasteiger partial charge in [0.05, 0.1) is 30.0 Å². The SMILES string of the molecule is Cc1nc(N2CC3C(C2)C3(F)F)ccc1Cn1cc(C(=O)N[C@@H]2CCc3c2ccnc3N)c(C(F)(F)F)n1. The summed E-state index contributed by atoms with van der Waals surface area (Å²) in [6, 6.07) is 4.59. The summed E-state index contributed by atoms with van der Waals surface area (Å²) in [5.41, 5.74) is 6.70. The van der Waals surface area contributed by atoms with Crippen molar-refractivity contribution in [3.05, 3.63) is 64.2 Å². The first kappa shape index (κ1) is 24.6. The average Bonchev–Trinajstić information content (AvgIpc) is 3.40. The van der Waals surface area contributed by atoms with Crippen LogP contribution in [0.5, 0.6) is 0 Å². The van der Waals surface area contributed by atoms with E-state index in [4.69, 9.17) is 5.73 Å². The summed E-state index contributed by atoms with van der Waals surface area (Å²) in [7, 11) is 0. The molecule has 4 heterocycles. The van der Waals surface area contributed by atoms with Crippen molar-refractivity contribution in [1.82, 2.24) is 25.1 Å². The summed E-state index contributed by atoms with van der Waals surface area (Å²) in [5, 5.41) is 6.37. The first-order valence-electron chi connectivity index (χ1n) is 12.2. The van der Waals surface area contributed by atoms with E-state index in [0.717, 1.165) is 22.0 Å². The average molecular weight is 534 g/mol. The Hall–Kier alpha value is -3.77. The Kier molecular flexibility index (Phi) is 5.41. The van der Waals surface area contributed by atoms with Crippen LogP contribution in [0.25, 0.3) is 0 Å². The van der Waals surface area contributed by atoms with E-state index in [1.807, 2.05) is 0 Å². The topological polar surface area (TPSA) is 102 Å². The third-order valence-electron chi connectivity index (χ3n) is 7.80. The highest BCUT2D eigenvalue weighted by Gasteiger charge is 2.71. The lowest BCUT2D eigenvalue weighted by Gasteiger charge is -2.21. The number of piperidine rings is 1. The number of carbonyl (C=O) groups excluding carboxylic acids is 1. The van der Waals surface area contributed by atoms with Gasteiger partial charge < -0.3 is 16.0 Å². The fraction of sp³-hybridized carbons (Fsp3) is 0.440. The quantitative estimate of drug-likeness (QED) is 0.485. The number of nitrogen functional groups attached to an aromatic ring is 1. The minimum Gasteiger partial charge on any atom is -0.383 e. The van der Waals surface area contributed by atoms with Gasteiger partial charge in [-0.15, -0.1) is 0 Å². The Morgan fingerprint density at radius 3 is 2.63 bits per heavy atom. The van der Waals surface area contributed by atoms with Gasteiger partial charge in [-0.2, -0.15) is 18.3 Å². The highest BCUT2D eigenvalue weighted by Crippen LogP contribution is 2.59. The Labute approximate surface area is 214 Å². The first-order chi connectivity index (χ1) is 17.9. The van der Waals surface area contributed by atoms with E-state index in [9.17, 15) is 26.7 Å². The summed E-state index contributed by atoms with van der Waals surface area (Å²) in [5.74, 6) is -3.88. The predicted octanol–water partition coefficient (Wildman–Crippen LogP) is 3.75. The number of aromatic nitrogens is 4. The number of hydrogen-bond acceptors (Lipinski definition) is 6. The van der Waals surface area contributed by atoms with Crippen LogP contribution in [0, 0.1) is 18.8 Å². The molecular weight excluding hydrogens is 509 g/mol. The summed E-state index contributed by atoms with van der Waals surface area (Å²) in [6.45, 7) is 2.10. The van der Waals surface area contributed by atoms with Gasteiger partial charge in [0.15, 0.2) is 5.69 Å². The largest absolute Gasteiger partial charge is 0.435 e. The Morgan fingerprint density at radius 1 is 1.21 bits per heavy atom. The van der Waals surface area contributed by atoms with Crippen LogP contribution in [-0.4, -0.2) is 44.7 Å². The van der Waals surface area contributed by atoms with E-state index in [1.165, 1.54) is 6.20 Å². The Morgan fingerprint density at radius 2 is 1.95 bits per heavy atom. The van der Waals surface area contributed by atoms with E-state index in [2.05, 4.69) is 20.4 Å². The fourth-order valence-electron chi connectivity index (χ4n) is 5.62. The van der Waals surface area contributed by atoms with E-state index >= 15 is 0 Å². The number of hydrogen-bond donors (Lipinski definition) is 2. The van der Waals surface area contributed by atoms with Crippen LogP contribution in [0.4, 0.5) is 33.6 Å². The second-order valence-corrected chi connectivity index (χ2v) is 10.1. The lowest BCUT2D eigenvalue weighted by Crippen LogP contribution is -2.28. The van der Waals surface area contributed by atoms with Gasteiger partial charge >= 0.3 is 6.18 Å². The fourth-order valence-corrected chi connectivity index (χ4v) is 5.62. The normalized spacial score (nSPS) is 23.3. The molecule has 3 aliphatic rings. The molecule has 2 aliphatic carbocycles. The molecule has 13 heteroatoms. The van der Waals surface area contributed by atoms with Gasteiger partial charge in [-0.25, -0.2) is 18.7 Å². The minimum absolute atomic E-state index is 0.0484. The van der Waals surface area contributed by atoms with Gasteiger partial charge in [-0.1, -0.05) is 6.07 Å². The molecule has 1 saturated heterocycles. The van der Waals surface area contributed by atoms with Crippen molar-refractivity contribution in [2.75, 3.05) is 23.7 Å².